The van der Waals surface area contributed by atoms with E-state index in [1.54, 1.807) is 0 Å². The summed E-state index contributed by atoms with van der Waals surface area (Å²) in [7, 11) is 0. The molecule has 0 aliphatic carbocycles. The number of hydrogen-bond acceptors (Lipinski definition) is 2. The van der Waals surface area contributed by atoms with Gasteiger partial charge in [0.05, 0.1) is 0 Å². The quantitative estimate of drug-likeness (QED) is 0.502. The predicted molar refractivity (Wildman–Crippen MR) is 37.6 cm³/mol. The van der Waals surface area contributed by atoms with Gasteiger partial charge in [-0.05, 0) is 12.8 Å². The van der Waals surface area contributed by atoms with Crippen molar-refractivity contribution in [3.63, 3.8) is 0 Å². The van der Waals surface area contributed by atoms with E-state index in [2.05, 4.69) is 5.32 Å². The van der Waals surface area contributed by atoms with Crippen LogP contribution >= 0.6 is 0 Å². The fraction of sp³-hybridized carbons (Fsp3) is 0.857. The molecule has 2 aliphatic heterocycles. The lowest BCUT2D eigenvalue weighted by molar-refractivity contribution is -0.121. The van der Waals surface area contributed by atoms with Crippen molar-refractivity contribution in [3.05, 3.63) is 0 Å². The molecule has 0 saturated carbocycles. The minimum atomic E-state index is 0.497. The molecule has 56 valence electrons. The summed E-state index contributed by atoms with van der Waals surface area (Å²) in [6.45, 7) is 1.99. The largest absolute Gasteiger partial charge is 0.337 e. The SMILES string of the molecule is O=CN1C2CCC1CNC2. The van der Waals surface area contributed by atoms with E-state index in [0.717, 1.165) is 19.5 Å². The second-order valence-corrected chi connectivity index (χ2v) is 3.10. The van der Waals surface area contributed by atoms with Gasteiger partial charge in [-0.2, -0.15) is 0 Å². The van der Waals surface area contributed by atoms with Crippen molar-refractivity contribution < 1.29 is 4.79 Å². The van der Waals surface area contributed by atoms with Crippen LogP contribution in [0.25, 0.3) is 0 Å². The van der Waals surface area contributed by atoms with Crippen molar-refractivity contribution in [1.82, 2.24) is 10.2 Å². The molecule has 2 fully saturated rings. The van der Waals surface area contributed by atoms with Gasteiger partial charge in [0.2, 0.25) is 6.41 Å². The number of nitrogens with one attached hydrogen (secondary N) is 1. The molecule has 10 heavy (non-hydrogen) atoms. The normalized spacial score (nSPS) is 38.2. The maximum atomic E-state index is 10.5. The Morgan fingerprint density at radius 1 is 1.30 bits per heavy atom. The van der Waals surface area contributed by atoms with Crippen molar-refractivity contribution >= 4 is 6.41 Å². The molecule has 2 aliphatic rings. The Hall–Kier alpha value is -0.570. The molecule has 3 nitrogen and oxygen atoms in total. The first-order chi connectivity index (χ1) is 4.92. The molecule has 2 atom stereocenters. The third-order valence-electron chi connectivity index (χ3n) is 2.56. The van der Waals surface area contributed by atoms with Crippen LogP contribution in [0.3, 0.4) is 0 Å². The summed E-state index contributed by atoms with van der Waals surface area (Å²) < 4.78 is 0. The van der Waals surface area contributed by atoms with E-state index in [1.807, 2.05) is 4.90 Å². The van der Waals surface area contributed by atoms with Gasteiger partial charge in [-0.3, -0.25) is 4.79 Å². The zero-order valence-electron chi connectivity index (χ0n) is 5.92. The topological polar surface area (TPSA) is 32.3 Å². The Bertz CT molecular complexity index is 133. The summed E-state index contributed by atoms with van der Waals surface area (Å²) in [4.78, 5) is 12.5. The second-order valence-electron chi connectivity index (χ2n) is 3.10. The molecular formula is C7H12N2O. The van der Waals surface area contributed by atoms with Gasteiger partial charge in [0.15, 0.2) is 0 Å². The zero-order chi connectivity index (χ0) is 6.97. The minimum Gasteiger partial charge on any atom is -0.337 e. The van der Waals surface area contributed by atoms with Crippen LogP contribution in [0.4, 0.5) is 0 Å². The number of hydrogen-bond donors (Lipinski definition) is 1. The number of piperazine rings is 1. The predicted octanol–water partition coefficient (Wildman–Crippen LogP) is -0.421. The van der Waals surface area contributed by atoms with Crippen LogP contribution in [0.5, 0.6) is 0 Å². The maximum absolute atomic E-state index is 10.5. The molecule has 0 aromatic carbocycles. The van der Waals surface area contributed by atoms with E-state index in [9.17, 15) is 4.79 Å². The van der Waals surface area contributed by atoms with Crippen molar-refractivity contribution in [2.24, 2.45) is 0 Å². The Balaban J connectivity index is 2.13. The number of fused-ring (bicyclic) bond motifs is 2. The molecule has 0 aromatic rings. The van der Waals surface area contributed by atoms with Crippen LogP contribution in [0.2, 0.25) is 0 Å². The molecule has 1 amide bonds. The monoisotopic (exact) mass is 140 g/mol. The van der Waals surface area contributed by atoms with Crippen LogP contribution in [0, 0.1) is 0 Å². The summed E-state index contributed by atoms with van der Waals surface area (Å²) >= 11 is 0. The first-order valence-electron chi connectivity index (χ1n) is 3.85. The second kappa shape index (κ2) is 2.23. The van der Waals surface area contributed by atoms with Crippen LogP contribution in [0.1, 0.15) is 12.8 Å². The fourth-order valence-corrected chi connectivity index (χ4v) is 1.98. The smallest absolute Gasteiger partial charge is 0.210 e. The first kappa shape index (κ1) is 6.16. The summed E-state index contributed by atoms with van der Waals surface area (Å²) in [6.07, 6.45) is 3.38. The molecule has 2 unspecified atom stereocenters. The fourth-order valence-electron chi connectivity index (χ4n) is 1.98. The molecule has 1 N–H and O–H groups in total. The highest BCUT2D eigenvalue weighted by atomic mass is 16.1. The summed E-state index contributed by atoms with van der Waals surface area (Å²) in [5.41, 5.74) is 0. The lowest BCUT2D eigenvalue weighted by Gasteiger charge is -2.31. The van der Waals surface area contributed by atoms with Crippen LogP contribution in [-0.4, -0.2) is 36.5 Å². The summed E-state index contributed by atoms with van der Waals surface area (Å²) in [5, 5.41) is 3.31. The van der Waals surface area contributed by atoms with Gasteiger partial charge in [-0.15, -0.1) is 0 Å². The van der Waals surface area contributed by atoms with Crippen LogP contribution in [0.15, 0.2) is 0 Å². The lowest BCUT2D eigenvalue weighted by Crippen LogP contribution is -2.50. The van der Waals surface area contributed by atoms with E-state index in [0.29, 0.717) is 12.1 Å². The molecular weight excluding hydrogens is 128 g/mol. The molecule has 0 radical (unpaired) electrons. The van der Waals surface area contributed by atoms with E-state index in [4.69, 9.17) is 0 Å². The number of carbonyl (C=O) groups is 1. The first-order valence-corrected chi connectivity index (χ1v) is 3.85. The number of carbonyl (C=O) groups excluding carboxylic acids is 1. The molecule has 2 bridgehead atoms. The van der Waals surface area contributed by atoms with E-state index in [1.165, 1.54) is 12.8 Å². The van der Waals surface area contributed by atoms with E-state index < -0.39 is 0 Å². The van der Waals surface area contributed by atoms with Crippen molar-refractivity contribution in [1.29, 1.82) is 0 Å². The van der Waals surface area contributed by atoms with Gasteiger partial charge in [-0.1, -0.05) is 0 Å². The van der Waals surface area contributed by atoms with E-state index in [-0.39, 0.29) is 0 Å². The van der Waals surface area contributed by atoms with Gasteiger partial charge in [0, 0.05) is 25.2 Å². The van der Waals surface area contributed by atoms with Crippen molar-refractivity contribution in [2.45, 2.75) is 24.9 Å². The Morgan fingerprint density at radius 2 is 1.90 bits per heavy atom. The van der Waals surface area contributed by atoms with Gasteiger partial charge >= 0.3 is 0 Å². The zero-order valence-corrected chi connectivity index (χ0v) is 5.92. The highest BCUT2D eigenvalue weighted by molar-refractivity contribution is 5.49. The minimum absolute atomic E-state index is 0.497. The summed E-state index contributed by atoms with van der Waals surface area (Å²) in [6, 6.07) is 0.993. The van der Waals surface area contributed by atoms with Crippen LogP contribution in [-0.2, 0) is 4.79 Å². The molecule has 3 heteroatoms. The van der Waals surface area contributed by atoms with Gasteiger partial charge in [-0.25, -0.2) is 0 Å². The third kappa shape index (κ3) is 0.736. The van der Waals surface area contributed by atoms with Gasteiger partial charge < -0.3 is 10.2 Å². The standard InChI is InChI=1S/C7H12N2O/c10-5-9-6-1-2-7(9)4-8-3-6/h5-8H,1-4H2. The van der Waals surface area contributed by atoms with E-state index >= 15 is 0 Å². The number of amides is 1. The Morgan fingerprint density at radius 3 is 2.30 bits per heavy atom. The molecule has 0 spiro atoms. The molecule has 0 aromatic heterocycles. The summed E-state index contributed by atoms with van der Waals surface area (Å²) in [5.74, 6) is 0. The van der Waals surface area contributed by atoms with Crippen molar-refractivity contribution in [2.75, 3.05) is 13.1 Å². The number of rotatable bonds is 1. The highest BCUT2D eigenvalue weighted by Gasteiger charge is 2.34. The third-order valence-corrected chi connectivity index (χ3v) is 2.56. The van der Waals surface area contributed by atoms with Gasteiger partial charge in [0.25, 0.3) is 0 Å². The maximum Gasteiger partial charge on any atom is 0.210 e. The van der Waals surface area contributed by atoms with Gasteiger partial charge in [0.1, 0.15) is 0 Å². The number of nitrogens with zero attached hydrogens (tertiary/aromatic N) is 1. The molecule has 2 rings (SSSR count). The molecule has 2 heterocycles. The average Bonchev–Trinajstić information content (AvgIpc) is 2.19. The van der Waals surface area contributed by atoms with Crippen LogP contribution < -0.4 is 5.32 Å². The average molecular weight is 140 g/mol. The highest BCUT2D eigenvalue weighted by Crippen LogP contribution is 2.24. The Labute approximate surface area is 60.4 Å². The Kier molecular flexibility index (Phi) is 1.38. The lowest BCUT2D eigenvalue weighted by atomic mass is 10.2. The molecule has 2 saturated heterocycles. The van der Waals surface area contributed by atoms with Crippen molar-refractivity contribution in [3.8, 4) is 0 Å².